The van der Waals surface area contributed by atoms with E-state index in [9.17, 15) is 0 Å². The van der Waals surface area contributed by atoms with Crippen LogP contribution in [0.2, 0.25) is 5.02 Å². The molecule has 1 aromatic rings. The molecule has 1 fully saturated rings. The van der Waals surface area contributed by atoms with Gasteiger partial charge >= 0.3 is 0 Å². The van der Waals surface area contributed by atoms with Crippen LogP contribution in [0.5, 0.6) is 5.75 Å². The van der Waals surface area contributed by atoms with E-state index in [1.54, 1.807) is 7.11 Å². The van der Waals surface area contributed by atoms with Crippen LogP contribution >= 0.6 is 11.6 Å². The minimum Gasteiger partial charge on any atom is -0.496 e. The van der Waals surface area contributed by atoms with Crippen molar-refractivity contribution >= 4 is 11.6 Å². The molecule has 0 bridgehead atoms. The summed E-state index contributed by atoms with van der Waals surface area (Å²) in [6, 6.07) is 4.19. The van der Waals surface area contributed by atoms with Crippen LogP contribution in [0.15, 0.2) is 12.1 Å². The Labute approximate surface area is 96.4 Å². The molecule has 0 aromatic heterocycles. The lowest BCUT2D eigenvalue weighted by Gasteiger charge is -2.14. The first kappa shape index (κ1) is 10.8. The fourth-order valence-corrected chi connectivity index (χ4v) is 2.23. The molecule has 82 valence electrons. The van der Waals surface area contributed by atoms with Crippen molar-refractivity contribution < 1.29 is 4.74 Å². The summed E-state index contributed by atoms with van der Waals surface area (Å²) in [6.45, 7) is 4.37. The Kier molecular flexibility index (Phi) is 2.92. The Hall–Kier alpha value is -0.690. The molecule has 0 saturated heterocycles. The van der Waals surface area contributed by atoms with E-state index in [-0.39, 0.29) is 0 Å². The van der Waals surface area contributed by atoms with Gasteiger partial charge in [0.15, 0.2) is 0 Å². The van der Waals surface area contributed by atoms with Crippen molar-refractivity contribution in [3.8, 4) is 5.75 Å². The predicted octanol–water partition coefficient (Wildman–Crippen LogP) is 4.35. The number of halogens is 1. The zero-order valence-corrected chi connectivity index (χ0v) is 10.3. The molecule has 2 rings (SSSR count). The molecular weight excluding hydrogens is 208 g/mol. The Morgan fingerprint density at radius 1 is 1.33 bits per heavy atom. The van der Waals surface area contributed by atoms with Crippen molar-refractivity contribution in [3.63, 3.8) is 0 Å². The quantitative estimate of drug-likeness (QED) is 0.742. The highest BCUT2D eigenvalue weighted by Crippen LogP contribution is 2.45. The predicted molar refractivity (Wildman–Crippen MR) is 64.1 cm³/mol. The summed E-state index contributed by atoms with van der Waals surface area (Å²) in [5.74, 6) is 2.09. The summed E-state index contributed by atoms with van der Waals surface area (Å²) in [5.41, 5.74) is 2.57. The molecule has 0 atom stereocenters. The van der Waals surface area contributed by atoms with Crippen LogP contribution in [-0.4, -0.2) is 7.11 Å². The van der Waals surface area contributed by atoms with Crippen molar-refractivity contribution in [1.82, 2.24) is 0 Å². The highest BCUT2D eigenvalue weighted by molar-refractivity contribution is 6.31. The van der Waals surface area contributed by atoms with Crippen molar-refractivity contribution in [2.24, 2.45) is 0 Å². The molecule has 1 aliphatic rings. The van der Waals surface area contributed by atoms with Gasteiger partial charge in [-0.15, -0.1) is 0 Å². The van der Waals surface area contributed by atoms with Crippen molar-refractivity contribution in [2.45, 2.75) is 38.5 Å². The monoisotopic (exact) mass is 224 g/mol. The molecule has 0 amide bonds. The SMILES string of the molecule is COc1cc(Cl)c(C2CC2)cc1C(C)C. The minimum atomic E-state index is 0.481. The highest BCUT2D eigenvalue weighted by Gasteiger charge is 2.27. The fraction of sp³-hybridized carbons (Fsp3) is 0.538. The fourth-order valence-electron chi connectivity index (χ4n) is 1.92. The lowest BCUT2D eigenvalue weighted by Crippen LogP contribution is -1.96. The van der Waals surface area contributed by atoms with Crippen molar-refractivity contribution in [1.29, 1.82) is 0 Å². The maximum atomic E-state index is 6.24. The van der Waals surface area contributed by atoms with E-state index in [0.717, 1.165) is 10.8 Å². The second-order valence-corrected chi connectivity index (χ2v) is 4.95. The van der Waals surface area contributed by atoms with Gasteiger partial charge in [-0.3, -0.25) is 0 Å². The van der Waals surface area contributed by atoms with Crippen LogP contribution in [0.4, 0.5) is 0 Å². The molecule has 0 spiro atoms. The second-order valence-electron chi connectivity index (χ2n) is 4.54. The first-order valence-electron chi connectivity index (χ1n) is 5.50. The summed E-state index contributed by atoms with van der Waals surface area (Å²) < 4.78 is 5.36. The molecule has 0 aliphatic heterocycles. The van der Waals surface area contributed by atoms with E-state index in [4.69, 9.17) is 16.3 Å². The number of ether oxygens (including phenoxy) is 1. The summed E-state index contributed by atoms with van der Waals surface area (Å²) >= 11 is 6.24. The van der Waals surface area contributed by atoms with Crippen LogP contribution in [0, 0.1) is 0 Å². The van der Waals surface area contributed by atoms with E-state index < -0.39 is 0 Å². The number of hydrogen-bond donors (Lipinski definition) is 0. The van der Waals surface area contributed by atoms with Crippen LogP contribution in [0.3, 0.4) is 0 Å². The summed E-state index contributed by atoms with van der Waals surface area (Å²) in [6.07, 6.45) is 2.56. The zero-order valence-electron chi connectivity index (χ0n) is 9.51. The van der Waals surface area contributed by atoms with Gasteiger partial charge in [-0.25, -0.2) is 0 Å². The van der Waals surface area contributed by atoms with Crippen molar-refractivity contribution in [2.75, 3.05) is 7.11 Å². The van der Waals surface area contributed by atoms with E-state index in [0.29, 0.717) is 11.8 Å². The topological polar surface area (TPSA) is 9.23 Å². The molecular formula is C13H17ClO. The minimum absolute atomic E-state index is 0.481. The van der Waals surface area contributed by atoms with Gasteiger partial charge in [-0.1, -0.05) is 31.5 Å². The third-order valence-electron chi connectivity index (χ3n) is 2.99. The van der Waals surface area contributed by atoms with E-state index in [1.807, 2.05) is 6.07 Å². The smallest absolute Gasteiger partial charge is 0.123 e. The van der Waals surface area contributed by atoms with Gasteiger partial charge in [0, 0.05) is 5.02 Å². The maximum absolute atomic E-state index is 6.24. The van der Waals surface area contributed by atoms with Gasteiger partial charge in [0.1, 0.15) is 5.75 Å². The number of methoxy groups -OCH3 is 1. The lowest BCUT2D eigenvalue weighted by atomic mass is 9.98. The highest BCUT2D eigenvalue weighted by atomic mass is 35.5. The molecule has 0 N–H and O–H groups in total. The molecule has 15 heavy (non-hydrogen) atoms. The number of hydrogen-bond acceptors (Lipinski definition) is 1. The average molecular weight is 225 g/mol. The van der Waals surface area contributed by atoms with Crippen LogP contribution in [-0.2, 0) is 0 Å². The Bertz CT molecular complexity index is 367. The molecule has 0 unspecified atom stereocenters. The molecule has 2 heteroatoms. The first-order valence-corrected chi connectivity index (χ1v) is 5.88. The van der Waals surface area contributed by atoms with Gasteiger partial charge in [0.05, 0.1) is 7.11 Å². The Balaban J connectivity index is 2.46. The molecule has 1 nitrogen and oxygen atoms in total. The standard InChI is InChI=1S/C13H17ClO/c1-8(2)10-6-11(9-4-5-9)12(14)7-13(10)15-3/h6-9H,4-5H2,1-3H3. The molecule has 1 aliphatic carbocycles. The largest absolute Gasteiger partial charge is 0.496 e. The number of rotatable bonds is 3. The lowest BCUT2D eigenvalue weighted by molar-refractivity contribution is 0.407. The molecule has 0 heterocycles. The third kappa shape index (κ3) is 2.12. The van der Waals surface area contributed by atoms with Gasteiger partial charge in [-0.05, 0) is 41.9 Å². The Morgan fingerprint density at radius 2 is 2.00 bits per heavy atom. The van der Waals surface area contributed by atoms with Gasteiger partial charge < -0.3 is 4.74 Å². The van der Waals surface area contributed by atoms with E-state index >= 15 is 0 Å². The first-order chi connectivity index (χ1) is 7.13. The van der Waals surface area contributed by atoms with Crippen LogP contribution in [0.25, 0.3) is 0 Å². The van der Waals surface area contributed by atoms with Crippen molar-refractivity contribution in [3.05, 3.63) is 28.3 Å². The van der Waals surface area contributed by atoms with Crippen LogP contribution < -0.4 is 4.74 Å². The summed E-state index contributed by atoms with van der Waals surface area (Å²) in [7, 11) is 1.70. The van der Waals surface area contributed by atoms with Crippen LogP contribution in [0.1, 0.15) is 49.7 Å². The summed E-state index contributed by atoms with van der Waals surface area (Å²) in [4.78, 5) is 0. The average Bonchev–Trinajstić information content (AvgIpc) is 3.00. The van der Waals surface area contributed by atoms with Gasteiger partial charge in [0.2, 0.25) is 0 Å². The zero-order chi connectivity index (χ0) is 11.0. The normalized spacial score (nSPS) is 15.8. The Morgan fingerprint density at radius 3 is 2.47 bits per heavy atom. The molecule has 1 aromatic carbocycles. The van der Waals surface area contributed by atoms with Gasteiger partial charge in [-0.2, -0.15) is 0 Å². The summed E-state index contributed by atoms with van der Waals surface area (Å²) in [5, 5.41) is 0.860. The van der Waals surface area contributed by atoms with Gasteiger partial charge in [0.25, 0.3) is 0 Å². The molecule has 0 radical (unpaired) electrons. The second kappa shape index (κ2) is 4.05. The maximum Gasteiger partial charge on any atom is 0.123 e. The van der Waals surface area contributed by atoms with E-state index in [2.05, 4.69) is 19.9 Å². The molecule has 1 saturated carbocycles. The third-order valence-corrected chi connectivity index (χ3v) is 3.32. The van der Waals surface area contributed by atoms with E-state index in [1.165, 1.54) is 24.0 Å². The number of benzene rings is 1.